The van der Waals surface area contributed by atoms with E-state index in [1.807, 2.05) is 12.1 Å². The molecule has 1 aromatic heterocycles. The number of nitrogens with zero attached hydrogens (tertiary/aromatic N) is 2. The molecule has 0 fully saturated rings. The first kappa shape index (κ1) is 14.0. The number of aliphatic hydroxyl groups is 1. The van der Waals surface area contributed by atoms with Crippen molar-refractivity contribution in [3.05, 3.63) is 35.2 Å². The summed E-state index contributed by atoms with van der Waals surface area (Å²) >= 11 is 5.82. The molecule has 1 aromatic carbocycles. The van der Waals surface area contributed by atoms with Gasteiger partial charge in [-0.05, 0) is 36.6 Å². The lowest BCUT2D eigenvalue weighted by atomic mass is 10.0. The maximum absolute atomic E-state index is 9.84. The Kier molecular flexibility index (Phi) is 4.56. The van der Waals surface area contributed by atoms with Crippen molar-refractivity contribution in [2.24, 2.45) is 5.92 Å². The maximum Gasteiger partial charge on any atom is 0.229 e. The Morgan fingerprint density at radius 1 is 1.26 bits per heavy atom. The first-order valence-electron chi connectivity index (χ1n) is 6.31. The summed E-state index contributed by atoms with van der Waals surface area (Å²) in [7, 11) is 0. The number of hydrogen-bond donors (Lipinski definition) is 1. The van der Waals surface area contributed by atoms with Crippen LogP contribution in [-0.2, 0) is 6.42 Å². The van der Waals surface area contributed by atoms with Gasteiger partial charge in [0.05, 0.1) is 12.5 Å². The zero-order valence-electron chi connectivity index (χ0n) is 11.0. The lowest BCUT2D eigenvalue weighted by Crippen LogP contribution is -2.13. The Morgan fingerprint density at radius 2 is 1.95 bits per heavy atom. The van der Waals surface area contributed by atoms with Crippen molar-refractivity contribution in [2.45, 2.75) is 32.8 Å². The average molecular weight is 281 g/mol. The molecule has 0 saturated heterocycles. The molecule has 0 bridgehead atoms. The van der Waals surface area contributed by atoms with Gasteiger partial charge in [-0.2, -0.15) is 4.98 Å². The van der Waals surface area contributed by atoms with Crippen LogP contribution >= 0.6 is 11.6 Å². The highest BCUT2D eigenvalue weighted by atomic mass is 35.5. The molecule has 1 atom stereocenters. The Morgan fingerprint density at radius 3 is 2.58 bits per heavy atom. The van der Waals surface area contributed by atoms with Crippen molar-refractivity contribution in [1.82, 2.24) is 10.1 Å². The van der Waals surface area contributed by atoms with Crippen LogP contribution in [0.1, 0.15) is 26.2 Å². The molecule has 0 aliphatic heterocycles. The highest BCUT2D eigenvalue weighted by molar-refractivity contribution is 6.30. The van der Waals surface area contributed by atoms with Crippen molar-refractivity contribution < 1.29 is 9.63 Å². The van der Waals surface area contributed by atoms with Crippen LogP contribution in [0.5, 0.6) is 0 Å². The molecule has 0 aliphatic rings. The minimum absolute atomic E-state index is 0.388. The number of aromatic nitrogens is 2. The van der Waals surface area contributed by atoms with Gasteiger partial charge in [0.25, 0.3) is 0 Å². The summed E-state index contributed by atoms with van der Waals surface area (Å²) in [4.78, 5) is 4.28. The second kappa shape index (κ2) is 6.17. The number of rotatable bonds is 5. The van der Waals surface area contributed by atoms with Gasteiger partial charge >= 0.3 is 0 Å². The maximum atomic E-state index is 9.84. The van der Waals surface area contributed by atoms with E-state index in [9.17, 15) is 5.11 Å². The molecule has 1 unspecified atom stereocenters. The van der Waals surface area contributed by atoms with Crippen LogP contribution < -0.4 is 0 Å². The number of benzene rings is 1. The van der Waals surface area contributed by atoms with Crippen molar-refractivity contribution >= 4 is 11.6 Å². The minimum atomic E-state index is -0.446. The molecule has 5 heteroatoms. The van der Waals surface area contributed by atoms with E-state index in [0.717, 1.165) is 12.0 Å². The third-order valence-electron chi connectivity index (χ3n) is 2.72. The molecule has 0 amide bonds. The van der Waals surface area contributed by atoms with Gasteiger partial charge in [-0.3, -0.25) is 0 Å². The summed E-state index contributed by atoms with van der Waals surface area (Å²) in [6.07, 6.45) is 0.663. The molecule has 4 nitrogen and oxygen atoms in total. The van der Waals surface area contributed by atoms with Gasteiger partial charge in [0, 0.05) is 10.6 Å². The quantitative estimate of drug-likeness (QED) is 0.912. The highest BCUT2D eigenvalue weighted by Crippen LogP contribution is 2.19. The molecule has 1 N–H and O–H groups in total. The Bertz CT molecular complexity index is 522. The summed E-state index contributed by atoms with van der Waals surface area (Å²) in [6.45, 7) is 4.13. The molecule has 0 spiro atoms. The van der Waals surface area contributed by atoms with Crippen LogP contribution in [0.25, 0.3) is 11.4 Å². The zero-order valence-corrected chi connectivity index (χ0v) is 11.8. The second-order valence-corrected chi connectivity index (χ2v) is 5.44. The fourth-order valence-electron chi connectivity index (χ4n) is 1.88. The van der Waals surface area contributed by atoms with Gasteiger partial charge < -0.3 is 9.63 Å². The minimum Gasteiger partial charge on any atom is -0.393 e. The van der Waals surface area contributed by atoms with E-state index in [1.165, 1.54) is 0 Å². The predicted octanol–water partition coefficient (Wildman–Crippen LogP) is 3.34. The van der Waals surface area contributed by atoms with Crippen molar-refractivity contribution in [3.8, 4) is 11.4 Å². The largest absolute Gasteiger partial charge is 0.393 e. The highest BCUT2D eigenvalue weighted by Gasteiger charge is 2.14. The van der Waals surface area contributed by atoms with Gasteiger partial charge in [0.2, 0.25) is 11.7 Å². The normalized spacial score (nSPS) is 12.9. The van der Waals surface area contributed by atoms with Crippen molar-refractivity contribution in [1.29, 1.82) is 0 Å². The summed E-state index contributed by atoms with van der Waals surface area (Å²) < 4.78 is 5.15. The van der Waals surface area contributed by atoms with E-state index < -0.39 is 6.10 Å². The first-order chi connectivity index (χ1) is 9.04. The van der Waals surface area contributed by atoms with E-state index in [-0.39, 0.29) is 0 Å². The van der Waals surface area contributed by atoms with Crippen molar-refractivity contribution in [2.75, 3.05) is 0 Å². The van der Waals surface area contributed by atoms with E-state index in [2.05, 4.69) is 24.0 Å². The van der Waals surface area contributed by atoms with Gasteiger partial charge in [-0.15, -0.1) is 0 Å². The topological polar surface area (TPSA) is 59.2 Å². The van der Waals surface area contributed by atoms with Crippen LogP contribution in [0.4, 0.5) is 0 Å². The van der Waals surface area contributed by atoms with Crippen LogP contribution in [0.3, 0.4) is 0 Å². The van der Waals surface area contributed by atoms with Gasteiger partial charge in [0.15, 0.2) is 0 Å². The number of halogens is 1. The van der Waals surface area contributed by atoms with Crippen LogP contribution in [0, 0.1) is 5.92 Å². The van der Waals surface area contributed by atoms with Crippen LogP contribution in [-0.4, -0.2) is 21.4 Å². The summed E-state index contributed by atoms with van der Waals surface area (Å²) in [5.41, 5.74) is 0.845. The summed E-state index contributed by atoms with van der Waals surface area (Å²) in [6, 6.07) is 7.23. The molecular weight excluding hydrogens is 264 g/mol. The van der Waals surface area contributed by atoms with Crippen LogP contribution in [0.15, 0.2) is 28.8 Å². The van der Waals surface area contributed by atoms with E-state index >= 15 is 0 Å². The molecule has 1 heterocycles. The summed E-state index contributed by atoms with van der Waals surface area (Å²) in [5, 5.41) is 14.4. The SMILES string of the molecule is CC(C)CC(O)Cc1nc(-c2ccc(Cl)cc2)no1. The average Bonchev–Trinajstić information content (AvgIpc) is 2.77. The summed E-state index contributed by atoms with van der Waals surface area (Å²) in [5.74, 6) is 1.41. The number of aliphatic hydroxyl groups excluding tert-OH is 1. The lowest BCUT2D eigenvalue weighted by molar-refractivity contribution is 0.138. The molecule has 19 heavy (non-hydrogen) atoms. The lowest BCUT2D eigenvalue weighted by Gasteiger charge is -2.09. The van der Waals surface area contributed by atoms with Crippen LogP contribution in [0.2, 0.25) is 5.02 Å². The standard InChI is InChI=1S/C14H17ClN2O2/c1-9(2)7-12(18)8-13-16-14(17-19-13)10-3-5-11(15)6-4-10/h3-6,9,12,18H,7-8H2,1-2H3. The third-order valence-corrected chi connectivity index (χ3v) is 2.98. The zero-order chi connectivity index (χ0) is 13.8. The van der Waals surface area contributed by atoms with E-state index in [1.54, 1.807) is 12.1 Å². The van der Waals surface area contributed by atoms with E-state index in [4.69, 9.17) is 16.1 Å². The molecule has 2 rings (SSSR count). The predicted molar refractivity (Wildman–Crippen MR) is 73.9 cm³/mol. The first-order valence-corrected chi connectivity index (χ1v) is 6.69. The second-order valence-electron chi connectivity index (χ2n) is 5.01. The molecule has 102 valence electrons. The fourth-order valence-corrected chi connectivity index (χ4v) is 2.01. The molecular formula is C14H17ClN2O2. The van der Waals surface area contributed by atoms with Gasteiger partial charge in [-0.25, -0.2) is 0 Å². The third kappa shape index (κ3) is 4.04. The number of hydrogen-bond acceptors (Lipinski definition) is 4. The van der Waals surface area contributed by atoms with Gasteiger partial charge in [0.1, 0.15) is 0 Å². The monoisotopic (exact) mass is 280 g/mol. The Balaban J connectivity index is 2.04. The Hall–Kier alpha value is -1.39. The molecule has 0 radical (unpaired) electrons. The Labute approximate surface area is 117 Å². The smallest absolute Gasteiger partial charge is 0.229 e. The fraction of sp³-hybridized carbons (Fsp3) is 0.429. The molecule has 2 aromatic rings. The molecule has 0 saturated carbocycles. The van der Waals surface area contributed by atoms with Crippen molar-refractivity contribution in [3.63, 3.8) is 0 Å². The molecule has 0 aliphatic carbocycles. The van der Waals surface area contributed by atoms with Gasteiger partial charge in [-0.1, -0.05) is 30.6 Å². The van der Waals surface area contributed by atoms with E-state index in [0.29, 0.717) is 29.1 Å².